The number of carbonyl (C=O) groups is 4. The first-order chi connectivity index (χ1) is 26.2. The Labute approximate surface area is 318 Å². The van der Waals surface area contributed by atoms with Gasteiger partial charge in [-0.1, -0.05) is 51.3 Å². The fraction of sp³-hybridized carbons (Fsp3) is 0.409. The molecule has 0 radical (unpaired) electrons. The van der Waals surface area contributed by atoms with Crippen LogP contribution >= 0.6 is 0 Å². The smallest absolute Gasteiger partial charge is 0.338 e. The van der Waals surface area contributed by atoms with Crippen LogP contribution in [0.1, 0.15) is 110 Å². The second kappa shape index (κ2) is 22.0. The molecule has 0 aromatic heterocycles. The fourth-order valence-corrected chi connectivity index (χ4v) is 5.84. The zero-order valence-corrected chi connectivity index (χ0v) is 31.5. The lowest BCUT2D eigenvalue weighted by molar-refractivity contribution is -0.140. The Bertz CT molecular complexity index is 1530. The van der Waals surface area contributed by atoms with Crippen molar-refractivity contribution in [3.8, 4) is 11.5 Å². The molecule has 2 fully saturated rings. The fourth-order valence-electron chi connectivity index (χ4n) is 5.84. The maximum atomic E-state index is 12.6. The molecule has 288 valence electrons. The van der Waals surface area contributed by atoms with E-state index in [2.05, 4.69) is 13.2 Å². The van der Waals surface area contributed by atoms with Gasteiger partial charge in [0.1, 0.15) is 36.9 Å². The average Bonchev–Trinajstić information content (AvgIpc) is 3.70. The van der Waals surface area contributed by atoms with E-state index in [9.17, 15) is 19.2 Å². The minimum absolute atomic E-state index is 0.0454. The van der Waals surface area contributed by atoms with Gasteiger partial charge in [-0.05, 0) is 111 Å². The lowest BCUT2D eigenvalue weighted by Crippen LogP contribution is -2.07. The number of hydrogen-bond donors (Lipinski definition) is 0. The topological polar surface area (TPSA) is 124 Å². The largest absolute Gasteiger partial charge is 0.494 e. The van der Waals surface area contributed by atoms with Crippen LogP contribution in [-0.4, -0.2) is 49.3 Å². The van der Waals surface area contributed by atoms with Gasteiger partial charge in [0.05, 0.1) is 24.3 Å². The molecular formula is C44H52O10. The van der Waals surface area contributed by atoms with Crippen LogP contribution in [-0.2, 0) is 41.8 Å². The maximum Gasteiger partial charge on any atom is 0.338 e. The summed E-state index contributed by atoms with van der Waals surface area (Å²) in [6, 6.07) is 21.0. The van der Waals surface area contributed by atoms with Crippen molar-refractivity contribution in [1.29, 1.82) is 0 Å². The molecule has 0 bridgehead atoms. The summed E-state index contributed by atoms with van der Waals surface area (Å²) in [5.74, 6) is -0.0773. The molecule has 3 aromatic carbocycles. The molecule has 0 N–H and O–H groups in total. The summed E-state index contributed by atoms with van der Waals surface area (Å²) in [5, 5.41) is 0. The SMILES string of the molecule is C=C1CC(CCCCCOc2ccc(C(=O)OCc3ccc(COC(=O)c4ccc(OCCCCCC5CC(=C)C(=O)O5)cc4)cc3)cc2)OC1=O.CC. The van der Waals surface area contributed by atoms with Gasteiger partial charge in [0.15, 0.2) is 0 Å². The Balaban J connectivity index is 0.00000319. The number of cyclic esters (lactones) is 2. The van der Waals surface area contributed by atoms with E-state index in [1.165, 1.54) is 0 Å². The first kappa shape index (κ1) is 41.4. The van der Waals surface area contributed by atoms with Crippen molar-refractivity contribution >= 4 is 23.9 Å². The molecule has 3 aromatic rings. The molecular weight excluding hydrogens is 688 g/mol. The third-order valence-electron chi connectivity index (χ3n) is 8.89. The monoisotopic (exact) mass is 740 g/mol. The molecule has 10 nitrogen and oxygen atoms in total. The number of benzene rings is 3. The predicted octanol–water partition coefficient (Wildman–Crippen LogP) is 9.05. The summed E-state index contributed by atoms with van der Waals surface area (Å²) in [4.78, 5) is 48.0. The third kappa shape index (κ3) is 13.5. The van der Waals surface area contributed by atoms with E-state index in [0.29, 0.717) is 59.8 Å². The second-order valence-electron chi connectivity index (χ2n) is 13.1. The summed E-state index contributed by atoms with van der Waals surface area (Å²) < 4.78 is 33.0. The van der Waals surface area contributed by atoms with Crippen molar-refractivity contribution in [1.82, 2.24) is 0 Å². The zero-order valence-electron chi connectivity index (χ0n) is 31.5. The summed E-state index contributed by atoms with van der Waals surface area (Å²) >= 11 is 0. The highest BCUT2D eigenvalue weighted by molar-refractivity contribution is 5.91. The van der Waals surface area contributed by atoms with Crippen molar-refractivity contribution in [3.63, 3.8) is 0 Å². The highest BCUT2D eigenvalue weighted by Crippen LogP contribution is 2.24. The van der Waals surface area contributed by atoms with Gasteiger partial charge >= 0.3 is 23.9 Å². The number of unbranched alkanes of at least 4 members (excludes halogenated alkanes) is 4. The average molecular weight is 741 g/mol. The highest BCUT2D eigenvalue weighted by atomic mass is 16.6. The van der Waals surface area contributed by atoms with Crippen molar-refractivity contribution in [3.05, 3.63) is 119 Å². The molecule has 10 heteroatoms. The lowest BCUT2D eigenvalue weighted by atomic mass is 10.1. The second-order valence-corrected chi connectivity index (χ2v) is 13.1. The Morgan fingerprint density at radius 2 is 0.944 bits per heavy atom. The maximum absolute atomic E-state index is 12.6. The Kier molecular flexibility index (Phi) is 16.8. The van der Waals surface area contributed by atoms with Crippen LogP contribution < -0.4 is 9.47 Å². The van der Waals surface area contributed by atoms with Crippen LogP contribution in [0, 0.1) is 0 Å². The highest BCUT2D eigenvalue weighted by Gasteiger charge is 2.27. The number of esters is 4. The van der Waals surface area contributed by atoms with E-state index in [1.807, 2.05) is 38.1 Å². The van der Waals surface area contributed by atoms with Crippen LogP contribution in [0.3, 0.4) is 0 Å². The number of hydrogen-bond acceptors (Lipinski definition) is 10. The van der Waals surface area contributed by atoms with Gasteiger partial charge in [0, 0.05) is 24.0 Å². The molecule has 2 atom stereocenters. The van der Waals surface area contributed by atoms with E-state index in [0.717, 1.165) is 62.5 Å². The van der Waals surface area contributed by atoms with Gasteiger partial charge in [-0.2, -0.15) is 0 Å². The number of ether oxygens (including phenoxy) is 6. The van der Waals surface area contributed by atoms with E-state index in [1.54, 1.807) is 48.5 Å². The van der Waals surface area contributed by atoms with Gasteiger partial charge < -0.3 is 28.4 Å². The molecule has 2 saturated heterocycles. The van der Waals surface area contributed by atoms with Crippen LogP contribution in [0.2, 0.25) is 0 Å². The molecule has 0 aliphatic carbocycles. The molecule has 0 spiro atoms. The molecule has 0 saturated carbocycles. The molecule has 0 amide bonds. The van der Waals surface area contributed by atoms with E-state index in [-0.39, 0.29) is 37.4 Å². The van der Waals surface area contributed by atoms with E-state index in [4.69, 9.17) is 28.4 Å². The van der Waals surface area contributed by atoms with Crippen molar-refractivity contribution in [2.75, 3.05) is 13.2 Å². The van der Waals surface area contributed by atoms with Gasteiger partial charge in [0.2, 0.25) is 0 Å². The normalized spacial score (nSPS) is 16.2. The van der Waals surface area contributed by atoms with Crippen molar-refractivity contribution in [2.45, 2.75) is 103 Å². The van der Waals surface area contributed by atoms with E-state index < -0.39 is 11.9 Å². The standard InChI is InChI=1S/C42H46O10.C2H6/c1-29-25-37(51-39(29)43)9-5-3-7-23-47-35-19-15-33(16-20-35)41(45)49-27-31-11-13-32(14-12-31)28-50-42(46)34-17-21-36(22-18-34)48-24-8-4-6-10-38-26-30(2)40(44)52-38;1-2/h11-22,37-38H,1-10,23-28H2;1-2H3. The molecule has 2 aliphatic heterocycles. The molecule has 2 unspecified atom stereocenters. The van der Waals surface area contributed by atoms with Crippen LogP contribution in [0.5, 0.6) is 11.5 Å². The van der Waals surface area contributed by atoms with Gasteiger partial charge in [0.25, 0.3) is 0 Å². The Hall–Kier alpha value is -5.38. The first-order valence-electron chi connectivity index (χ1n) is 18.9. The number of rotatable bonds is 20. The van der Waals surface area contributed by atoms with Gasteiger partial charge in [-0.15, -0.1) is 0 Å². The number of carbonyl (C=O) groups excluding carboxylic acids is 4. The minimum atomic E-state index is -0.437. The minimum Gasteiger partial charge on any atom is -0.494 e. The quantitative estimate of drug-likeness (QED) is 0.0480. The van der Waals surface area contributed by atoms with Crippen LogP contribution in [0.15, 0.2) is 97.1 Å². The summed E-state index contributed by atoms with van der Waals surface area (Å²) in [5.41, 5.74) is 3.57. The third-order valence-corrected chi connectivity index (χ3v) is 8.89. The lowest BCUT2D eigenvalue weighted by Gasteiger charge is -2.10. The zero-order chi connectivity index (χ0) is 38.7. The van der Waals surface area contributed by atoms with Crippen molar-refractivity contribution < 1.29 is 47.6 Å². The predicted molar refractivity (Wildman–Crippen MR) is 204 cm³/mol. The molecule has 2 aliphatic rings. The molecule has 2 heterocycles. The summed E-state index contributed by atoms with van der Waals surface area (Å²) in [6.07, 6.45) is 8.40. The summed E-state index contributed by atoms with van der Waals surface area (Å²) in [7, 11) is 0. The van der Waals surface area contributed by atoms with E-state index >= 15 is 0 Å². The Morgan fingerprint density at radius 1 is 0.574 bits per heavy atom. The first-order valence-corrected chi connectivity index (χ1v) is 18.9. The van der Waals surface area contributed by atoms with Crippen molar-refractivity contribution in [2.24, 2.45) is 0 Å². The van der Waals surface area contributed by atoms with Crippen LogP contribution in [0.4, 0.5) is 0 Å². The molecule has 5 rings (SSSR count). The van der Waals surface area contributed by atoms with Gasteiger partial charge in [-0.3, -0.25) is 0 Å². The van der Waals surface area contributed by atoms with Crippen LogP contribution in [0.25, 0.3) is 0 Å². The Morgan fingerprint density at radius 3 is 1.28 bits per heavy atom. The molecule has 54 heavy (non-hydrogen) atoms. The summed E-state index contributed by atoms with van der Waals surface area (Å²) in [6.45, 7) is 12.7. The van der Waals surface area contributed by atoms with Gasteiger partial charge in [-0.25, -0.2) is 19.2 Å².